The molecule has 0 spiro atoms. The number of rotatable bonds is 5. The van der Waals surface area contributed by atoms with Gasteiger partial charge in [0.15, 0.2) is 5.76 Å². The average molecular weight is 439 g/mol. The Morgan fingerprint density at radius 2 is 1.76 bits per heavy atom. The molecule has 2 N–H and O–H groups in total. The fourth-order valence-corrected chi connectivity index (χ4v) is 3.39. The number of nitrogens with zero attached hydrogens (tertiary/aromatic N) is 3. The second-order valence-electron chi connectivity index (χ2n) is 7.18. The van der Waals surface area contributed by atoms with Gasteiger partial charge in [0.1, 0.15) is 0 Å². The quantitative estimate of drug-likeness (QED) is 0.405. The molecule has 0 aliphatic carbocycles. The molecule has 0 aliphatic rings. The maximum atomic E-state index is 13.3. The van der Waals surface area contributed by atoms with Gasteiger partial charge in [0.2, 0.25) is 5.91 Å². The highest BCUT2D eigenvalue weighted by Gasteiger charge is 2.18. The maximum Gasteiger partial charge on any atom is 0.322 e. The lowest BCUT2D eigenvalue weighted by Crippen LogP contribution is -2.14. The van der Waals surface area contributed by atoms with Gasteiger partial charge >= 0.3 is 6.01 Å². The van der Waals surface area contributed by atoms with Crippen LogP contribution in [0.1, 0.15) is 17.3 Å². The first-order valence-corrected chi connectivity index (χ1v) is 10.0. The standard InChI is InChI=1S/C24H17N5O4/c1-14(30)25-16-9-10-19-17(12-16)18(13-20(26-19)15-6-3-2-4-7-15)22(31)27-24-29-28-23(33-24)21-8-5-11-32-21/h2-13H,1H3,(H,25,30)(H,27,29,31). The molecular formula is C24H17N5O4. The Hall–Kier alpha value is -4.79. The summed E-state index contributed by atoms with van der Waals surface area (Å²) in [5.41, 5.74) is 2.97. The molecule has 5 rings (SSSR count). The van der Waals surface area contributed by atoms with Crippen molar-refractivity contribution in [1.82, 2.24) is 15.2 Å². The van der Waals surface area contributed by atoms with Gasteiger partial charge in [0.05, 0.1) is 23.0 Å². The predicted octanol–water partition coefficient (Wildman–Crippen LogP) is 4.76. The number of amides is 2. The Kier molecular flexibility index (Phi) is 5.12. The molecule has 33 heavy (non-hydrogen) atoms. The predicted molar refractivity (Wildman–Crippen MR) is 121 cm³/mol. The summed E-state index contributed by atoms with van der Waals surface area (Å²) in [4.78, 5) is 29.5. The summed E-state index contributed by atoms with van der Waals surface area (Å²) in [5.74, 6) is -0.142. The number of furan rings is 1. The van der Waals surface area contributed by atoms with Crippen molar-refractivity contribution in [1.29, 1.82) is 0 Å². The van der Waals surface area contributed by atoms with E-state index in [-0.39, 0.29) is 17.8 Å². The zero-order valence-electron chi connectivity index (χ0n) is 17.4. The third kappa shape index (κ3) is 4.19. The number of carbonyl (C=O) groups excluding carboxylic acids is 2. The van der Waals surface area contributed by atoms with Crippen molar-refractivity contribution in [3.8, 4) is 22.9 Å². The molecule has 3 heterocycles. The number of benzene rings is 2. The van der Waals surface area contributed by atoms with Crippen LogP contribution in [0.25, 0.3) is 33.8 Å². The minimum absolute atomic E-state index is 0.0735. The Bertz CT molecular complexity index is 1460. The van der Waals surface area contributed by atoms with E-state index in [1.165, 1.54) is 13.2 Å². The zero-order valence-corrected chi connectivity index (χ0v) is 17.4. The summed E-state index contributed by atoms with van der Waals surface area (Å²) in [6.07, 6.45) is 1.48. The highest BCUT2D eigenvalue weighted by molar-refractivity contribution is 6.13. The monoisotopic (exact) mass is 439 g/mol. The summed E-state index contributed by atoms with van der Waals surface area (Å²) < 4.78 is 10.7. The summed E-state index contributed by atoms with van der Waals surface area (Å²) in [6.45, 7) is 1.42. The van der Waals surface area contributed by atoms with E-state index in [9.17, 15) is 9.59 Å². The second kappa shape index (κ2) is 8.39. The van der Waals surface area contributed by atoms with Crippen LogP contribution in [0.15, 0.2) is 81.8 Å². The molecule has 0 bridgehead atoms. The number of anilines is 2. The van der Waals surface area contributed by atoms with Crippen molar-refractivity contribution in [3.05, 3.63) is 78.6 Å². The Balaban J connectivity index is 1.56. The third-order valence-corrected chi connectivity index (χ3v) is 4.82. The van der Waals surface area contributed by atoms with Crippen LogP contribution in [0.5, 0.6) is 0 Å². The maximum absolute atomic E-state index is 13.3. The van der Waals surface area contributed by atoms with E-state index in [1.807, 2.05) is 30.3 Å². The van der Waals surface area contributed by atoms with Gasteiger partial charge < -0.3 is 14.2 Å². The number of hydrogen-bond acceptors (Lipinski definition) is 7. The van der Waals surface area contributed by atoms with Gasteiger partial charge in [0, 0.05) is 23.6 Å². The van der Waals surface area contributed by atoms with E-state index >= 15 is 0 Å². The summed E-state index contributed by atoms with van der Waals surface area (Å²) in [7, 11) is 0. The Morgan fingerprint density at radius 1 is 0.909 bits per heavy atom. The van der Waals surface area contributed by atoms with Crippen LogP contribution in [0.3, 0.4) is 0 Å². The van der Waals surface area contributed by atoms with Crippen LogP contribution in [-0.4, -0.2) is 27.0 Å². The molecule has 3 aromatic heterocycles. The van der Waals surface area contributed by atoms with Crippen molar-refractivity contribution in [2.45, 2.75) is 6.92 Å². The van der Waals surface area contributed by atoms with Gasteiger partial charge in [-0.25, -0.2) is 4.98 Å². The molecule has 9 heteroatoms. The molecule has 2 amide bonds. The molecule has 9 nitrogen and oxygen atoms in total. The summed E-state index contributed by atoms with van der Waals surface area (Å²) in [5, 5.41) is 13.7. The first-order chi connectivity index (χ1) is 16.1. The van der Waals surface area contributed by atoms with Crippen LogP contribution in [0.2, 0.25) is 0 Å². The lowest BCUT2D eigenvalue weighted by atomic mass is 10.0. The lowest BCUT2D eigenvalue weighted by molar-refractivity contribution is -0.114. The number of nitrogens with one attached hydrogen (secondary N) is 2. The summed E-state index contributed by atoms with van der Waals surface area (Å²) in [6, 6.07) is 19.7. The third-order valence-electron chi connectivity index (χ3n) is 4.82. The minimum Gasteiger partial charge on any atom is -0.459 e. The van der Waals surface area contributed by atoms with Crippen molar-refractivity contribution >= 4 is 34.4 Å². The van der Waals surface area contributed by atoms with Gasteiger partial charge in [-0.1, -0.05) is 35.4 Å². The molecule has 0 radical (unpaired) electrons. The number of carbonyl (C=O) groups is 2. The first-order valence-electron chi connectivity index (χ1n) is 10.0. The fourth-order valence-electron chi connectivity index (χ4n) is 3.39. The van der Waals surface area contributed by atoms with Gasteiger partial charge in [-0.2, -0.15) is 0 Å². The molecule has 0 saturated carbocycles. The molecule has 0 fully saturated rings. The molecule has 0 unspecified atom stereocenters. The normalized spacial score (nSPS) is 10.8. The number of fused-ring (bicyclic) bond motifs is 1. The second-order valence-corrected chi connectivity index (χ2v) is 7.18. The van der Waals surface area contributed by atoms with Crippen LogP contribution in [0.4, 0.5) is 11.7 Å². The van der Waals surface area contributed by atoms with Crippen molar-refractivity contribution in [2.75, 3.05) is 10.6 Å². The van der Waals surface area contributed by atoms with E-state index in [0.717, 1.165) is 5.56 Å². The zero-order chi connectivity index (χ0) is 22.8. The van der Waals surface area contributed by atoms with Crippen LogP contribution in [-0.2, 0) is 4.79 Å². The number of pyridine rings is 1. The Labute approximate surface area is 187 Å². The first kappa shape index (κ1) is 20.1. The molecule has 0 aliphatic heterocycles. The fraction of sp³-hybridized carbons (Fsp3) is 0.0417. The van der Waals surface area contributed by atoms with Gasteiger partial charge in [-0.05, 0) is 36.4 Å². The molecular weight excluding hydrogens is 422 g/mol. The molecule has 0 saturated heterocycles. The number of hydrogen-bond donors (Lipinski definition) is 2. The van der Waals surface area contributed by atoms with Crippen LogP contribution >= 0.6 is 0 Å². The van der Waals surface area contributed by atoms with E-state index in [1.54, 1.807) is 36.4 Å². The number of aromatic nitrogens is 3. The van der Waals surface area contributed by atoms with Gasteiger partial charge in [-0.3, -0.25) is 14.9 Å². The van der Waals surface area contributed by atoms with Crippen molar-refractivity contribution in [3.63, 3.8) is 0 Å². The molecule has 2 aromatic carbocycles. The van der Waals surface area contributed by atoms with Crippen molar-refractivity contribution < 1.29 is 18.4 Å². The van der Waals surface area contributed by atoms with Crippen molar-refractivity contribution in [2.24, 2.45) is 0 Å². The van der Waals surface area contributed by atoms with E-state index in [4.69, 9.17) is 13.8 Å². The van der Waals surface area contributed by atoms with E-state index in [0.29, 0.717) is 33.6 Å². The molecule has 162 valence electrons. The highest BCUT2D eigenvalue weighted by Crippen LogP contribution is 2.28. The largest absolute Gasteiger partial charge is 0.459 e. The highest BCUT2D eigenvalue weighted by atomic mass is 16.4. The van der Waals surface area contributed by atoms with E-state index < -0.39 is 5.91 Å². The van der Waals surface area contributed by atoms with Crippen LogP contribution in [0, 0.1) is 0 Å². The lowest BCUT2D eigenvalue weighted by Gasteiger charge is -2.11. The van der Waals surface area contributed by atoms with E-state index in [2.05, 4.69) is 20.8 Å². The average Bonchev–Trinajstić information content (AvgIpc) is 3.51. The molecule has 5 aromatic rings. The van der Waals surface area contributed by atoms with Gasteiger partial charge in [-0.15, -0.1) is 5.10 Å². The van der Waals surface area contributed by atoms with Crippen LogP contribution < -0.4 is 10.6 Å². The van der Waals surface area contributed by atoms with Gasteiger partial charge in [0.25, 0.3) is 11.8 Å². The SMILES string of the molecule is CC(=O)Nc1ccc2nc(-c3ccccc3)cc(C(=O)Nc3nnc(-c4ccco4)o3)c2c1. The Morgan fingerprint density at radius 3 is 2.52 bits per heavy atom. The molecule has 0 atom stereocenters. The minimum atomic E-state index is -0.464. The smallest absolute Gasteiger partial charge is 0.322 e. The topological polar surface area (TPSA) is 123 Å². The summed E-state index contributed by atoms with van der Waals surface area (Å²) >= 11 is 0.